The maximum Gasteiger partial charge on any atom is 0.305 e. The summed E-state index contributed by atoms with van der Waals surface area (Å²) in [5.41, 5.74) is 0. The summed E-state index contributed by atoms with van der Waals surface area (Å²) in [5, 5.41) is 8.77. The van der Waals surface area contributed by atoms with Crippen molar-refractivity contribution in [3.05, 3.63) is 28.0 Å². The molecular formula is C14H19NO3S. The molecule has 1 N–H and O–H groups in total. The summed E-state index contributed by atoms with van der Waals surface area (Å²) in [6, 6.07) is 3.66. The number of carbonyl (C=O) groups is 2. The first-order valence-corrected chi connectivity index (χ1v) is 7.02. The SMILES string of the molecule is CCN(C(=O)C=Cc1ccc(C)s1)C(C)CC(=O)O. The van der Waals surface area contributed by atoms with Gasteiger partial charge in [-0.15, -0.1) is 11.3 Å². The van der Waals surface area contributed by atoms with E-state index in [-0.39, 0.29) is 18.4 Å². The summed E-state index contributed by atoms with van der Waals surface area (Å²) >= 11 is 1.62. The quantitative estimate of drug-likeness (QED) is 0.816. The van der Waals surface area contributed by atoms with Gasteiger partial charge in [0.05, 0.1) is 6.42 Å². The van der Waals surface area contributed by atoms with Crippen LogP contribution in [0, 0.1) is 6.92 Å². The zero-order valence-electron chi connectivity index (χ0n) is 11.4. The number of aliphatic carboxylic acids is 1. The highest BCUT2D eigenvalue weighted by atomic mass is 32.1. The largest absolute Gasteiger partial charge is 0.481 e. The maximum absolute atomic E-state index is 12.0. The highest BCUT2D eigenvalue weighted by Crippen LogP contribution is 2.16. The van der Waals surface area contributed by atoms with Crippen LogP contribution in [0.4, 0.5) is 0 Å². The zero-order chi connectivity index (χ0) is 14.4. The number of rotatable bonds is 6. The van der Waals surface area contributed by atoms with Gasteiger partial charge < -0.3 is 10.0 Å². The van der Waals surface area contributed by atoms with Gasteiger partial charge in [-0.2, -0.15) is 0 Å². The van der Waals surface area contributed by atoms with Crippen molar-refractivity contribution in [3.8, 4) is 0 Å². The van der Waals surface area contributed by atoms with Gasteiger partial charge in [-0.05, 0) is 39.0 Å². The molecule has 0 aliphatic heterocycles. The lowest BCUT2D eigenvalue weighted by Gasteiger charge is -2.25. The van der Waals surface area contributed by atoms with Crippen molar-refractivity contribution in [2.45, 2.75) is 33.2 Å². The average molecular weight is 281 g/mol. The standard InChI is InChI=1S/C14H19NO3S/c1-4-15(10(2)9-14(17)18)13(16)8-7-12-6-5-11(3)19-12/h5-8,10H,4,9H2,1-3H3,(H,17,18). The Morgan fingerprint density at radius 3 is 2.63 bits per heavy atom. The van der Waals surface area contributed by atoms with E-state index >= 15 is 0 Å². The smallest absolute Gasteiger partial charge is 0.305 e. The van der Waals surface area contributed by atoms with Crippen molar-refractivity contribution in [2.75, 3.05) is 6.54 Å². The van der Waals surface area contributed by atoms with E-state index in [1.807, 2.05) is 26.0 Å². The lowest BCUT2D eigenvalue weighted by molar-refractivity contribution is -0.139. The van der Waals surface area contributed by atoms with Crippen LogP contribution in [0.25, 0.3) is 6.08 Å². The van der Waals surface area contributed by atoms with E-state index in [0.29, 0.717) is 6.54 Å². The molecular weight excluding hydrogens is 262 g/mol. The molecule has 1 heterocycles. The van der Waals surface area contributed by atoms with Crippen LogP contribution >= 0.6 is 11.3 Å². The molecule has 1 aromatic heterocycles. The van der Waals surface area contributed by atoms with Crippen LogP contribution in [0.3, 0.4) is 0 Å². The molecule has 4 nitrogen and oxygen atoms in total. The van der Waals surface area contributed by atoms with Crippen LogP contribution in [-0.2, 0) is 9.59 Å². The van der Waals surface area contributed by atoms with Crippen LogP contribution in [0.15, 0.2) is 18.2 Å². The Labute approximate surface area is 117 Å². The molecule has 1 amide bonds. The fourth-order valence-electron chi connectivity index (χ4n) is 1.84. The Hall–Kier alpha value is -1.62. The summed E-state index contributed by atoms with van der Waals surface area (Å²) in [7, 11) is 0. The summed E-state index contributed by atoms with van der Waals surface area (Å²) in [5.74, 6) is -1.04. The molecule has 0 fully saturated rings. The second kappa shape index (κ2) is 7.09. The molecule has 0 spiro atoms. The lowest BCUT2D eigenvalue weighted by Crippen LogP contribution is -2.38. The number of amides is 1. The first-order valence-electron chi connectivity index (χ1n) is 6.21. The zero-order valence-corrected chi connectivity index (χ0v) is 12.2. The molecule has 0 bridgehead atoms. The molecule has 0 aliphatic rings. The Morgan fingerprint density at radius 1 is 1.47 bits per heavy atom. The molecule has 0 aromatic carbocycles. The van der Waals surface area contributed by atoms with Gasteiger partial charge in [-0.1, -0.05) is 0 Å². The van der Waals surface area contributed by atoms with E-state index in [0.717, 1.165) is 4.88 Å². The van der Waals surface area contributed by atoms with Crippen molar-refractivity contribution in [1.82, 2.24) is 4.90 Å². The van der Waals surface area contributed by atoms with Gasteiger partial charge in [0.15, 0.2) is 0 Å². The number of hydrogen-bond acceptors (Lipinski definition) is 3. The minimum Gasteiger partial charge on any atom is -0.481 e. The van der Waals surface area contributed by atoms with Crippen molar-refractivity contribution < 1.29 is 14.7 Å². The second-order valence-corrected chi connectivity index (χ2v) is 5.67. The Balaban J connectivity index is 2.68. The van der Waals surface area contributed by atoms with Crippen molar-refractivity contribution >= 4 is 29.3 Å². The number of nitrogens with zero attached hydrogens (tertiary/aromatic N) is 1. The molecule has 1 rings (SSSR count). The van der Waals surface area contributed by atoms with Crippen molar-refractivity contribution in [1.29, 1.82) is 0 Å². The second-order valence-electron chi connectivity index (χ2n) is 4.35. The summed E-state index contributed by atoms with van der Waals surface area (Å²) in [4.78, 5) is 26.5. The molecule has 0 radical (unpaired) electrons. The van der Waals surface area contributed by atoms with E-state index in [1.165, 1.54) is 11.0 Å². The average Bonchev–Trinajstić information content (AvgIpc) is 2.72. The van der Waals surface area contributed by atoms with Gasteiger partial charge in [0, 0.05) is 28.4 Å². The maximum atomic E-state index is 12.0. The Kier molecular flexibility index (Phi) is 5.76. The number of carboxylic acids is 1. The Morgan fingerprint density at radius 2 is 2.16 bits per heavy atom. The van der Waals surface area contributed by atoms with E-state index in [4.69, 9.17) is 5.11 Å². The third-order valence-electron chi connectivity index (χ3n) is 2.78. The fourth-order valence-corrected chi connectivity index (χ4v) is 2.62. The van der Waals surface area contributed by atoms with Crippen LogP contribution in [0.2, 0.25) is 0 Å². The molecule has 0 saturated heterocycles. The molecule has 104 valence electrons. The first kappa shape index (κ1) is 15.4. The summed E-state index contributed by atoms with van der Waals surface area (Å²) in [6.45, 7) is 6.11. The van der Waals surface area contributed by atoms with Crippen LogP contribution in [0.1, 0.15) is 30.0 Å². The molecule has 19 heavy (non-hydrogen) atoms. The number of carboxylic acid groups (broad SMARTS) is 1. The van der Waals surface area contributed by atoms with Gasteiger partial charge in [0.2, 0.25) is 5.91 Å². The summed E-state index contributed by atoms with van der Waals surface area (Å²) in [6.07, 6.45) is 3.24. The van der Waals surface area contributed by atoms with Gasteiger partial charge in [-0.3, -0.25) is 9.59 Å². The van der Waals surface area contributed by atoms with Gasteiger partial charge in [0.25, 0.3) is 0 Å². The van der Waals surface area contributed by atoms with E-state index in [1.54, 1.807) is 29.2 Å². The van der Waals surface area contributed by atoms with Crippen molar-refractivity contribution in [2.24, 2.45) is 0 Å². The number of hydrogen-bond donors (Lipinski definition) is 1. The van der Waals surface area contributed by atoms with Crippen molar-refractivity contribution in [3.63, 3.8) is 0 Å². The lowest BCUT2D eigenvalue weighted by atomic mass is 10.2. The van der Waals surface area contributed by atoms with Crippen LogP contribution in [0.5, 0.6) is 0 Å². The third kappa shape index (κ3) is 4.87. The molecule has 0 aliphatic carbocycles. The highest BCUT2D eigenvalue weighted by molar-refractivity contribution is 7.12. The van der Waals surface area contributed by atoms with E-state index in [9.17, 15) is 9.59 Å². The predicted molar refractivity (Wildman–Crippen MR) is 77.2 cm³/mol. The predicted octanol–water partition coefficient (Wildman–Crippen LogP) is 2.78. The normalized spacial score (nSPS) is 12.6. The minimum atomic E-state index is -0.892. The fraction of sp³-hybridized carbons (Fsp3) is 0.429. The number of aryl methyl sites for hydroxylation is 1. The topological polar surface area (TPSA) is 57.6 Å². The van der Waals surface area contributed by atoms with Gasteiger partial charge in [0.1, 0.15) is 0 Å². The minimum absolute atomic E-state index is 0.0362. The number of thiophene rings is 1. The highest BCUT2D eigenvalue weighted by Gasteiger charge is 2.18. The monoisotopic (exact) mass is 281 g/mol. The molecule has 1 aromatic rings. The number of carbonyl (C=O) groups excluding carboxylic acids is 1. The van der Waals surface area contributed by atoms with Crippen LogP contribution in [-0.4, -0.2) is 34.5 Å². The number of likely N-dealkylation sites (N-methyl/N-ethyl adjacent to an activating group) is 1. The summed E-state index contributed by atoms with van der Waals surface area (Å²) < 4.78 is 0. The first-order chi connectivity index (χ1) is 8.93. The molecule has 1 unspecified atom stereocenters. The molecule has 0 saturated carbocycles. The van der Waals surface area contributed by atoms with Gasteiger partial charge in [-0.25, -0.2) is 0 Å². The molecule has 5 heteroatoms. The van der Waals surface area contributed by atoms with Gasteiger partial charge >= 0.3 is 5.97 Å². The van der Waals surface area contributed by atoms with E-state index < -0.39 is 5.97 Å². The van der Waals surface area contributed by atoms with E-state index in [2.05, 4.69) is 0 Å². The molecule has 1 atom stereocenters. The van der Waals surface area contributed by atoms with Crippen LogP contribution < -0.4 is 0 Å². The Bertz CT molecular complexity index is 479. The third-order valence-corrected chi connectivity index (χ3v) is 3.74.